The maximum absolute atomic E-state index is 12.6. The Morgan fingerprint density at radius 3 is 2.50 bits per heavy atom. The van der Waals surface area contributed by atoms with Crippen LogP contribution in [0.5, 0.6) is 0 Å². The van der Waals surface area contributed by atoms with Gasteiger partial charge in [-0.05, 0) is 26.0 Å². The molecule has 0 bridgehead atoms. The fraction of sp³-hybridized carbons (Fsp3) is 0.450. The van der Waals surface area contributed by atoms with E-state index in [-0.39, 0.29) is 34.8 Å². The number of rotatable bonds is 7. The lowest BCUT2D eigenvalue weighted by Gasteiger charge is -2.35. The number of hydrogen-bond donors (Lipinski definition) is 1. The van der Waals surface area contributed by atoms with Gasteiger partial charge in [0.1, 0.15) is 5.69 Å². The average Bonchev–Trinajstić information content (AvgIpc) is 3.12. The second kappa shape index (κ2) is 9.04. The monoisotopic (exact) mass is 414 g/mol. The first-order valence-corrected chi connectivity index (χ1v) is 9.83. The molecule has 1 aromatic heterocycles. The van der Waals surface area contributed by atoms with Crippen molar-refractivity contribution in [3.05, 3.63) is 52.1 Å². The Morgan fingerprint density at radius 1 is 1.23 bits per heavy atom. The predicted molar refractivity (Wildman–Crippen MR) is 112 cm³/mol. The number of nitrogens with zero attached hydrogens (tertiary/aromatic N) is 5. The highest BCUT2D eigenvalue weighted by molar-refractivity contribution is 6.07. The van der Waals surface area contributed by atoms with Crippen LogP contribution in [0.4, 0.5) is 11.4 Å². The largest absolute Gasteiger partial charge is 0.363 e. The molecule has 10 nitrogen and oxygen atoms in total. The number of benzene rings is 1. The minimum atomic E-state index is -0.465. The molecule has 0 spiro atoms. The molecule has 1 aliphatic rings. The lowest BCUT2D eigenvalue weighted by Crippen LogP contribution is -2.50. The van der Waals surface area contributed by atoms with E-state index in [9.17, 15) is 19.7 Å². The van der Waals surface area contributed by atoms with Crippen LogP contribution in [0.3, 0.4) is 0 Å². The highest BCUT2D eigenvalue weighted by Crippen LogP contribution is 2.30. The normalized spacial score (nSPS) is 14.7. The maximum Gasteiger partial charge on any atom is 0.293 e. The molecule has 1 aliphatic heterocycles. The van der Waals surface area contributed by atoms with Crippen molar-refractivity contribution in [2.24, 2.45) is 7.05 Å². The van der Waals surface area contributed by atoms with Crippen LogP contribution in [0.2, 0.25) is 0 Å². The summed E-state index contributed by atoms with van der Waals surface area (Å²) in [7, 11) is 1.70. The van der Waals surface area contributed by atoms with Gasteiger partial charge in [0, 0.05) is 63.3 Å². The molecule has 160 valence electrons. The van der Waals surface area contributed by atoms with Crippen molar-refractivity contribution in [2.45, 2.75) is 19.9 Å². The molecule has 1 fully saturated rings. The lowest BCUT2D eigenvalue weighted by atomic mass is 10.1. The van der Waals surface area contributed by atoms with Gasteiger partial charge in [-0.2, -0.15) is 0 Å². The zero-order chi connectivity index (χ0) is 21.8. The molecule has 3 rings (SSSR count). The van der Waals surface area contributed by atoms with Gasteiger partial charge in [-0.1, -0.05) is 0 Å². The molecule has 0 atom stereocenters. The van der Waals surface area contributed by atoms with Crippen LogP contribution in [0.25, 0.3) is 0 Å². The van der Waals surface area contributed by atoms with E-state index in [1.807, 2.05) is 23.6 Å². The molecule has 2 heterocycles. The molecule has 0 saturated carbocycles. The topological polar surface area (TPSA) is 114 Å². The zero-order valence-electron chi connectivity index (χ0n) is 17.4. The Morgan fingerprint density at radius 2 is 1.93 bits per heavy atom. The van der Waals surface area contributed by atoms with E-state index in [4.69, 9.17) is 0 Å². The number of aryl methyl sites for hydroxylation is 1. The number of carbonyl (C=O) groups excluding carboxylic acids is 2. The van der Waals surface area contributed by atoms with Gasteiger partial charge in [-0.25, -0.2) is 4.98 Å². The Balaban J connectivity index is 1.72. The number of aromatic nitrogens is 2. The number of amides is 1. The lowest BCUT2D eigenvalue weighted by molar-refractivity contribution is -0.384. The van der Waals surface area contributed by atoms with Crippen molar-refractivity contribution in [3.63, 3.8) is 0 Å². The molecule has 0 aliphatic carbocycles. The summed E-state index contributed by atoms with van der Waals surface area (Å²) in [5.74, 6) is -0.162. The predicted octanol–water partition coefficient (Wildman–Crippen LogP) is 1.21. The van der Waals surface area contributed by atoms with Gasteiger partial charge in [0.05, 0.1) is 11.5 Å². The third kappa shape index (κ3) is 4.82. The van der Waals surface area contributed by atoms with Crippen molar-refractivity contribution < 1.29 is 14.5 Å². The number of imidazole rings is 1. The molecular formula is C20H26N6O4. The quantitative estimate of drug-likeness (QED) is 0.411. The summed E-state index contributed by atoms with van der Waals surface area (Å²) in [6.45, 7) is 6.50. The molecule has 0 radical (unpaired) electrons. The Labute approximate surface area is 174 Å². The number of anilines is 1. The Bertz CT molecular complexity index is 947. The minimum Gasteiger partial charge on any atom is -0.363 e. The molecule has 1 amide bonds. The standard InChI is InChI=1S/C20H26N6O4/c1-14(2)22-18(27)13-24-8-10-25(11-9-24)16-5-4-15(12-17(16)26(29)30)19(28)20-21-6-7-23(20)3/h4-7,12,14H,8-11,13H2,1-3H3,(H,22,27). The third-order valence-electron chi connectivity index (χ3n) is 4.99. The van der Waals surface area contributed by atoms with Crippen LogP contribution in [0.15, 0.2) is 30.6 Å². The van der Waals surface area contributed by atoms with Crippen LogP contribution < -0.4 is 10.2 Å². The summed E-state index contributed by atoms with van der Waals surface area (Å²) < 4.78 is 1.58. The Hall–Kier alpha value is -3.27. The fourth-order valence-electron chi connectivity index (χ4n) is 3.51. The first-order chi connectivity index (χ1) is 14.3. The highest BCUT2D eigenvalue weighted by atomic mass is 16.6. The van der Waals surface area contributed by atoms with Gasteiger partial charge >= 0.3 is 0 Å². The van der Waals surface area contributed by atoms with Gasteiger partial charge < -0.3 is 14.8 Å². The summed E-state index contributed by atoms with van der Waals surface area (Å²) >= 11 is 0. The van der Waals surface area contributed by atoms with Gasteiger partial charge in [0.15, 0.2) is 5.82 Å². The molecule has 1 saturated heterocycles. The molecule has 30 heavy (non-hydrogen) atoms. The van der Waals surface area contributed by atoms with E-state index in [1.54, 1.807) is 29.9 Å². The smallest absolute Gasteiger partial charge is 0.293 e. The number of ketones is 1. The van der Waals surface area contributed by atoms with Crippen molar-refractivity contribution >= 4 is 23.1 Å². The number of carbonyl (C=O) groups is 2. The van der Waals surface area contributed by atoms with Gasteiger partial charge in [-0.3, -0.25) is 24.6 Å². The molecule has 10 heteroatoms. The summed E-state index contributed by atoms with van der Waals surface area (Å²) in [5, 5.41) is 14.6. The van der Waals surface area contributed by atoms with Crippen molar-refractivity contribution in [1.29, 1.82) is 0 Å². The second-order valence-corrected chi connectivity index (χ2v) is 7.64. The van der Waals surface area contributed by atoms with E-state index < -0.39 is 4.92 Å². The van der Waals surface area contributed by atoms with E-state index in [1.165, 1.54) is 12.3 Å². The van der Waals surface area contributed by atoms with Crippen LogP contribution in [0, 0.1) is 10.1 Å². The van der Waals surface area contributed by atoms with Crippen LogP contribution in [-0.4, -0.2) is 69.8 Å². The first-order valence-electron chi connectivity index (χ1n) is 9.83. The summed E-state index contributed by atoms with van der Waals surface area (Å²) in [6.07, 6.45) is 3.16. The van der Waals surface area contributed by atoms with Crippen LogP contribution >= 0.6 is 0 Å². The van der Waals surface area contributed by atoms with Gasteiger partial charge in [0.25, 0.3) is 5.69 Å². The minimum absolute atomic E-state index is 0.0263. The number of nitro groups is 1. The van der Waals surface area contributed by atoms with Crippen LogP contribution in [-0.2, 0) is 11.8 Å². The summed E-state index contributed by atoms with van der Waals surface area (Å²) in [4.78, 5) is 43.8. The SMILES string of the molecule is CC(C)NC(=O)CN1CCN(c2ccc(C(=O)c3nccn3C)cc2[N+](=O)[O-])CC1. The number of piperazine rings is 1. The summed E-state index contributed by atoms with van der Waals surface area (Å²) in [5.41, 5.74) is 0.590. The zero-order valence-corrected chi connectivity index (χ0v) is 17.4. The fourth-order valence-corrected chi connectivity index (χ4v) is 3.51. The van der Waals surface area contributed by atoms with Gasteiger partial charge in [-0.15, -0.1) is 0 Å². The Kier molecular flexibility index (Phi) is 6.46. The average molecular weight is 414 g/mol. The van der Waals surface area contributed by atoms with Crippen LogP contribution in [0.1, 0.15) is 30.0 Å². The van der Waals surface area contributed by atoms with Crippen molar-refractivity contribution in [3.8, 4) is 0 Å². The molecule has 2 aromatic rings. The van der Waals surface area contributed by atoms with Gasteiger partial charge in [0.2, 0.25) is 11.7 Å². The van der Waals surface area contributed by atoms with E-state index >= 15 is 0 Å². The number of nitro benzene ring substituents is 1. The third-order valence-corrected chi connectivity index (χ3v) is 4.99. The van der Waals surface area contributed by atoms with E-state index in [0.29, 0.717) is 38.4 Å². The molecule has 1 N–H and O–H groups in total. The number of nitrogens with one attached hydrogen (secondary N) is 1. The first kappa shape index (κ1) is 21.4. The second-order valence-electron chi connectivity index (χ2n) is 7.64. The molecule has 0 unspecified atom stereocenters. The van der Waals surface area contributed by atoms with E-state index in [2.05, 4.69) is 10.3 Å². The highest BCUT2D eigenvalue weighted by Gasteiger charge is 2.26. The van der Waals surface area contributed by atoms with Crippen molar-refractivity contribution in [2.75, 3.05) is 37.6 Å². The molecular weight excluding hydrogens is 388 g/mol. The maximum atomic E-state index is 12.6. The summed E-state index contributed by atoms with van der Waals surface area (Å²) in [6, 6.07) is 4.62. The van der Waals surface area contributed by atoms with Crippen molar-refractivity contribution in [1.82, 2.24) is 19.8 Å². The number of hydrogen-bond acceptors (Lipinski definition) is 7. The van der Waals surface area contributed by atoms with E-state index in [0.717, 1.165) is 0 Å². The molecule has 1 aromatic carbocycles.